The molecule has 0 saturated carbocycles. The minimum absolute atomic E-state index is 0.0521. The molecule has 4 N–H and O–H groups in total. The quantitative estimate of drug-likeness (QED) is 0.706. The Hall–Kier alpha value is -2.38. The Bertz CT molecular complexity index is 846. The van der Waals surface area contributed by atoms with Gasteiger partial charge in [0.15, 0.2) is 0 Å². The van der Waals surface area contributed by atoms with Gasteiger partial charge < -0.3 is 11.1 Å². The molecular weight excluding hydrogens is 338 g/mol. The standard InChI is InChI=1S/C18H23N3O3S/c1-3-11-25(23,24)21-17-6-4-5-16(13(17)2)20-18(22)15-9-7-14(12-19)8-10-15/h4-10,21H,3,11-12,19H2,1-2H3,(H,20,22). The molecule has 0 spiro atoms. The van der Waals surface area contributed by atoms with E-state index in [1.54, 1.807) is 56.3 Å². The van der Waals surface area contributed by atoms with Gasteiger partial charge >= 0.3 is 0 Å². The van der Waals surface area contributed by atoms with Gasteiger partial charge in [-0.05, 0) is 48.7 Å². The lowest BCUT2D eigenvalue weighted by Crippen LogP contribution is -2.18. The molecule has 1 amide bonds. The summed E-state index contributed by atoms with van der Waals surface area (Å²) < 4.78 is 26.5. The van der Waals surface area contributed by atoms with Crippen molar-refractivity contribution in [1.82, 2.24) is 0 Å². The van der Waals surface area contributed by atoms with Crippen LogP contribution in [0, 0.1) is 6.92 Å². The molecule has 0 aliphatic carbocycles. The number of rotatable bonds is 7. The van der Waals surface area contributed by atoms with Gasteiger partial charge in [0.05, 0.1) is 11.4 Å². The van der Waals surface area contributed by atoms with E-state index in [1.807, 2.05) is 0 Å². The average Bonchev–Trinajstić information content (AvgIpc) is 2.58. The Morgan fingerprint density at radius 3 is 2.32 bits per heavy atom. The second-order valence-corrected chi connectivity index (χ2v) is 7.60. The number of anilines is 2. The Kier molecular flexibility index (Phi) is 6.17. The molecule has 0 heterocycles. The maximum absolute atomic E-state index is 12.4. The predicted molar refractivity (Wildman–Crippen MR) is 101 cm³/mol. The lowest BCUT2D eigenvalue weighted by molar-refractivity contribution is 0.102. The van der Waals surface area contributed by atoms with Crippen LogP contribution >= 0.6 is 0 Å². The van der Waals surface area contributed by atoms with E-state index in [9.17, 15) is 13.2 Å². The summed E-state index contributed by atoms with van der Waals surface area (Å²) in [7, 11) is -3.39. The van der Waals surface area contributed by atoms with Crippen molar-refractivity contribution in [2.45, 2.75) is 26.8 Å². The zero-order valence-corrected chi connectivity index (χ0v) is 15.2. The SMILES string of the molecule is CCCS(=O)(=O)Nc1cccc(NC(=O)c2ccc(CN)cc2)c1C. The molecular formula is C18H23N3O3S. The van der Waals surface area contributed by atoms with Crippen molar-refractivity contribution in [3.8, 4) is 0 Å². The van der Waals surface area contributed by atoms with E-state index in [2.05, 4.69) is 10.0 Å². The molecule has 0 aliphatic rings. The van der Waals surface area contributed by atoms with E-state index in [1.165, 1.54) is 0 Å². The summed E-state index contributed by atoms with van der Waals surface area (Å²) in [6.45, 7) is 3.98. The molecule has 0 unspecified atom stereocenters. The number of benzene rings is 2. The van der Waals surface area contributed by atoms with Crippen molar-refractivity contribution < 1.29 is 13.2 Å². The number of hydrogen-bond acceptors (Lipinski definition) is 4. The molecule has 2 aromatic rings. The summed E-state index contributed by atoms with van der Waals surface area (Å²) in [5.74, 6) is -0.212. The minimum Gasteiger partial charge on any atom is -0.326 e. The van der Waals surface area contributed by atoms with Crippen LogP contribution in [-0.4, -0.2) is 20.1 Å². The molecule has 0 fully saturated rings. The summed E-state index contributed by atoms with van der Waals surface area (Å²) >= 11 is 0. The normalized spacial score (nSPS) is 11.2. The molecule has 2 rings (SSSR count). The van der Waals surface area contributed by atoms with Gasteiger partial charge in [-0.1, -0.05) is 25.1 Å². The van der Waals surface area contributed by atoms with Gasteiger partial charge in [-0.2, -0.15) is 0 Å². The van der Waals surface area contributed by atoms with Crippen molar-refractivity contribution in [2.75, 3.05) is 15.8 Å². The highest BCUT2D eigenvalue weighted by molar-refractivity contribution is 7.92. The lowest BCUT2D eigenvalue weighted by Gasteiger charge is -2.14. The fraction of sp³-hybridized carbons (Fsp3) is 0.278. The molecule has 0 saturated heterocycles. The van der Waals surface area contributed by atoms with E-state index in [4.69, 9.17) is 5.73 Å². The molecule has 6 nitrogen and oxygen atoms in total. The molecule has 134 valence electrons. The summed E-state index contributed by atoms with van der Waals surface area (Å²) in [6.07, 6.45) is 0.531. The molecule has 0 aromatic heterocycles. The predicted octanol–water partition coefficient (Wildman–Crippen LogP) is 2.86. The third-order valence-electron chi connectivity index (χ3n) is 3.77. The maximum atomic E-state index is 12.4. The van der Waals surface area contributed by atoms with Gasteiger partial charge in [-0.3, -0.25) is 9.52 Å². The van der Waals surface area contributed by atoms with Gasteiger partial charge in [0.1, 0.15) is 0 Å². The molecule has 25 heavy (non-hydrogen) atoms. The molecule has 0 atom stereocenters. The first-order chi connectivity index (χ1) is 11.9. The van der Waals surface area contributed by atoms with E-state index in [-0.39, 0.29) is 11.7 Å². The van der Waals surface area contributed by atoms with Gasteiger partial charge in [0.2, 0.25) is 10.0 Å². The molecule has 0 aliphatic heterocycles. The number of carbonyl (C=O) groups is 1. The maximum Gasteiger partial charge on any atom is 0.255 e. The van der Waals surface area contributed by atoms with Gasteiger partial charge in [-0.25, -0.2) is 8.42 Å². The van der Waals surface area contributed by atoms with E-state index in [0.29, 0.717) is 35.5 Å². The van der Waals surface area contributed by atoms with Crippen LogP contribution in [-0.2, 0) is 16.6 Å². The van der Waals surface area contributed by atoms with Crippen molar-refractivity contribution in [2.24, 2.45) is 5.73 Å². The summed E-state index contributed by atoms with van der Waals surface area (Å²) in [5, 5.41) is 2.82. The molecule has 2 aromatic carbocycles. The Balaban J connectivity index is 2.19. The highest BCUT2D eigenvalue weighted by Gasteiger charge is 2.14. The van der Waals surface area contributed by atoms with E-state index < -0.39 is 10.0 Å². The Morgan fingerprint density at radius 2 is 1.72 bits per heavy atom. The average molecular weight is 361 g/mol. The molecule has 0 radical (unpaired) electrons. The first-order valence-electron chi connectivity index (χ1n) is 8.06. The number of amides is 1. The monoisotopic (exact) mass is 361 g/mol. The summed E-state index contributed by atoms with van der Waals surface area (Å²) in [4.78, 5) is 12.4. The molecule has 7 heteroatoms. The van der Waals surface area contributed by atoms with Gasteiger partial charge in [-0.15, -0.1) is 0 Å². The van der Waals surface area contributed by atoms with Crippen LogP contribution < -0.4 is 15.8 Å². The Labute approximate surface area is 148 Å². The summed E-state index contributed by atoms with van der Waals surface area (Å²) in [6, 6.07) is 12.1. The fourth-order valence-corrected chi connectivity index (χ4v) is 3.55. The van der Waals surface area contributed by atoms with Gasteiger partial charge in [0, 0.05) is 17.8 Å². The third-order valence-corrected chi connectivity index (χ3v) is 5.25. The van der Waals surface area contributed by atoms with Crippen molar-refractivity contribution in [1.29, 1.82) is 0 Å². The van der Waals surface area contributed by atoms with Crippen LogP contribution in [0.1, 0.15) is 34.8 Å². The van der Waals surface area contributed by atoms with Crippen LogP contribution in [0.3, 0.4) is 0 Å². The van der Waals surface area contributed by atoms with Crippen molar-refractivity contribution in [3.05, 3.63) is 59.2 Å². The first kappa shape index (κ1) is 19.0. The highest BCUT2D eigenvalue weighted by atomic mass is 32.2. The van der Waals surface area contributed by atoms with Crippen LogP contribution in [0.15, 0.2) is 42.5 Å². The van der Waals surface area contributed by atoms with Crippen molar-refractivity contribution >= 4 is 27.3 Å². The smallest absolute Gasteiger partial charge is 0.255 e. The highest BCUT2D eigenvalue weighted by Crippen LogP contribution is 2.25. The lowest BCUT2D eigenvalue weighted by atomic mass is 10.1. The summed E-state index contributed by atoms with van der Waals surface area (Å²) in [5.41, 5.74) is 8.69. The zero-order valence-electron chi connectivity index (χ0n) is 14.4. The fourth-order valence-electron chi connectivity index (χ4n) is 2.36. The number of nitrogens with two attached hydrogens (primary N) is 1. The Morgan fingerprint density at radius 1 is 1.08 bits per heavy atom. The van der Waals surface area contributed by atoms with Crippen molar-refractivity contribution in [3.63, 3.8) is 0 Å². The van der Waals surface area contributed by atoms with Crippen LogP contribution in [0.4, 0.5) is 11.4 Å². The largest absolute Gasteiger partial charge is 0.326 e. The topological polar surface area (TPSA) is 101 Å². The number of nitrogens with one attached hydrogen (secondary N) is 2. The number of carbonyl (C=O) groups excluding carboxylic acids is 1. The van der Waals surface area contributed by atoms with E-state index in [0.717, 1.165) is 5.56 Å². The first-order valence-corrected chi connectivity index (χ1v) is 9.72. The van der Waals surface area contributed by atoms with Crippen LogP contribution in [0.25, 0.3) is 0 Å². The van der Waals surface area contributed by atoms with E-state index >= 15 is 0 Å². The zero-order chi connectivity index (χ0) is 18.4. The molecule has 0 bridgehead atoms. The second-order valence-electron chi connectivity index (χ2n) is 5.75. The number of sulfonamides is 1. The van der Waals surface area contributed by atoms with Crippen LogP contribution in [0.5, 0.6) is 0 Å². The van der Waals surface area contributed by atoms with Crippen LogP contribution in [0.2, 0.25) is 0 Å². The third kappa shape index (κ3) is 5.04. The van der Waals surface area contributed by atoms with Gasteiger partial charge in [0.25, 0.3) is 5.91 Å². The minimum atomic E-state index is -3.39. The number of hydrogen-bond donors (Lipinski definition) is 3. The second kappa shape index (κ2) is 8.13.